The Morgan fingerprint density at radius 2 is 2.04 bits per heavy atom. The van der Waals surface area contributed by atoms with E-state index in [1.165, 1.54) is 0 Å². The molecule has 1 amide bonds. The van der Waals surface area contributed by atoms with Crippen molar-refractivity contribution in [3.8, 4) is 0 Å². The van der Waals surface area contributed by atoms with Gasteiger partial charge >= 0.3 is 0 Å². The Kier molecular flexibility index (Phi) is 5.33. The maximum absolute atomic E-state index is 12.5. The van der Waals surface area contributed by atoms with Gasteiger partial charge in [0.2, 0.25) is 0 Å². The molecule has 0 bridgehead atoms. The number of carbonyl (C=O) groups excluding carboxylic acids is 1. The lowest BCUT2D eigenvalue weighted by Gasteiger charge is -2.10. The Hall–Kier alpha value is -2.83. The Bertz CT molecular complexity index is 895. The van der Waals surface area contributed by atoms with Gasteiger partial charge in [0.05, 0.1) is 12.3 Å². The SMILES string of the molecule is Cc1ccc(NC(=O)c2ccc3cnccc3c2)nc1CNCCO. The molecule has 0 saturated carbocycles. The summed E-state index contributed by atoms with van der Waals surface area (Å²) in [6.45, 7) is 3.08. The van der Waals surface area contributed by atoms with Crippen molar-refractivity contribution in [2.45, 2.75) is 13.5 Å². The van der Waals surface area contributed by atoms with Gasteiger partial charge in [-0.3, -0.25) is 9.78 Å². The van der Waals surface area contributed by atoms with Crippen LogP contribution in [0.1, 0.15) is 21.6 Å². The van der Waals surface area contributed by atoms with Crippen LogP contribution in [0.3, 0.4) is 0 Å². The predicted octanol–water partition coefficient (Wildman–Crippen LogP) is 2.27. The fraction of sp³-hybridized carbons (Fsp3) is 0.211. The molecule has 0 saturated heterocycles. The first-order valence-electron chi connectivity index (χ1n) is 8.10. The van der Waals surface area contributed by atoms with Crippen LogP contribution in [0.15, 0.2) is 48.8 Å². The summed E-state index contributed by atoms with van der Waals surface area (Å²) in [4.78, 5) is 21.1. The van der Waals surface area contributed by atoms with E-state index >= 15 is 0 Å². The van der Waals surface area contributed by atoms with Crippen molar-refractivity contribution in [2.75, 3.05) is 18.5 Å². The number of nitrogens with one attached hydrogen (secondary N) is 2. The van der Waals surface area contributed by atoms with Gasteiger partial charge in [0, 0.05) is 36.4 Å². The number of fused-ring (bicyclic) bond motifs is 1. The molecular weight excluding hydrogens is 316 g/mol. The molecule has 6 heteroatoms. The summed E-state index contributed by atoms with van der Waals surface area (Å²) in [5.74, 6) is 0.301. The van der Waals surface area contributed by atoms with Crippen LogP contribution in [-0.4, -0.2) is 34.1 Å². The molecule has 0 spiro atoms. The minimum atomic E-state index is -0.204. The van der Waals surface area contributed by atoms with E-state index < -0.39 is 0 Å². The Morgan fingerprint density at radius 1 is 1.16 bits per heavy atom. The fourth-order valence-corrected chi connectivity index (χ4v) is 2.52. The molecule has 2 aromatic heterocycles. The zero-order valence-electron chi connectivity index (χ0n) is 14.0. The normalized spacial score (nSPS) is 10.8. The highest BCUT2D eigenvalue weighted by atomic mass is 16.3. The first-order valence-corrected chi connectivity index (χ1v) is 8.10. The number of aliphatic hydroxyl groups excluding tert-OH is 1. The van der Waals surface area contributed by atoms with Crippen molar-refractivity contribution >= 4 is 22.5 Å². The number of aliphatic hydroxyl groups is 1. The van der Waals surface area contributed by atoms with Crippen molar-refractivity contribution in [1.29, 1.82) is 0 Å². The van der Waals surface area contributed by atoms with E-state index in [1.807, 2.05) is 31.2 Å². The van der Waals surface area contributed by atoms with E-state index in [2.05, 4.69) is 20.6 Å². The predicted molar refractivity (Wildman–Crippen MR) is 97.5 cm³/mol. The van der Waals surface area contributed by atoms with Gasteiger partial charge in [0.15, 0.2) is 0 Å². The summed E-state index contributed by atoms with van der Waals surface area (Å²) < 4.78 is 0. The van der Waals surface area contributed by atoms with E-state index in [-0.39, 0.29) is 12.5 Å². The highest BCUT2D eigenvalue weighted by Gasteiger charge is 2.09. The molecule has 3 rings (SSSR count). The number of pyridine rings is 2. The molecule has 0 aliphatic rings. The number of amides is 1. The smallest absolute Gasteiger partial charge is 0.256 e. The van der Waals surface area contributed by atoms with Crippen LogP contribution in [0.25, 0.3) is 10.8 Å². The van der Waals surface area contributed by atoms with Crippen LogP contribution in [0.2, 0.25) is 0 Å². The average molecular weight is 336 g/mol. The second-order valence-corrected chi connectivity index (χ2v) is 5.75. The zero-order valence-corrected chi connectivity index (χ0v) is 14.0. The third-order valence-corrected chi connectivity index (χ3v) is 3.93. The van der Waals surface area contributed by atoms with Gasteiger partial charge in [-0.2, -0.15) is 0 Å². The largest absolute Gasteiger partial charge is 0.395 e. The lowest BCUT2D eigenvalue weighted by atomic mass is 10.1. The van der Waals surface area contributed by atoms with Gasteiger partial charge in [-0.15, -0.1) is 0 Å². The summed E-state index contributed by atoms with van der Waals surface area (Å²) in [7, 11) is 0. The van der Waals surface area contributed by atoms with Crippen molar-refractivity contribution in [3.63, 3.8) is 0 Å². The quantitative estimate of drug-likeness (QED) is 0.601. The summed E-state index contributed by atoms with van der Waals surface area (Å²) in [5.41, 5.74) is 2.44. The van der Waals surface area contributed by atoms with Crippen LogP contribution >= 0.6 is 0 Å². The molecule has 0 fully saturated rings. The lowest BCUT2D eigenvalue weighted by Crippen LogP contribution is -2.20. The Labute approximate surface area is 145 Å². The minimum absolute atomic E-state index is 0.0763. The molecule has 1 aromatic carbocycles. The molecule has 0 aliphatic heterocycles. The van der Waals surface area contributed by atoms with Crippen molar-refractivity contribution in [3.05, 3.63) is 65.6 Å². The van der Waals surface area contributed by atoms with Crippen LogP contribution in [-0.2, 0) is 6.54 Å². The highest BCUT2D eigenvalue weighted by Crippen LogP contribution is 2.16. The molecule has 25 heavy (non-hydrogen) atoms. The third kappa shape index (κ3) is 4.17. The second kappa shape index (κ2) is 7.83. The number of aryl methyl sites for hydroxylation is 1. The molecule has 0 atom stereocenters. The third-order valence-electron chi connectivity index (χ3n) is 3.93. The number of hydrogen-bond donors (Lipinski definition) is 3. The maximum Gasteiger partial charge on any atom is 0.256 e. The summed E-state index contributed by atoms with van der Waals surface area (Å²) >= 11 is 0. The van der Waals surface area contributed by atoms with E-state index in [0.29, 0.717) is 24.5 Å². The molecule has 0 aliphatic carbocycles. The van der Waals surface area contributed by atoms with Gasteiger partial charge < -0.3 is 15.7 Å². The fourth-order valence-electron chi connectivity index (χ4n) is 2.52. The first kappa shape index (κ1) is 17.0. The molecule has 3 N–H and O–H groups in total. The van der Waals surface area contributed by atoms with E-state index in [9.17, 15) is 4.79 Å². The van der Waals surface area contributed by atoms with E-state index in [4.69, 9.17) is 5.11 Å². The summed E-state index contributed by atoms with van der Waals surface area (Å²) in [6.07, 6.45) is 3.47. The molecule has 0 unspecified atom stereocenters. The highest BCUT2D eigenvalue weighted by molar-refractivity contribution is 6.05. The van der Waals surface area contributed by atoms with E-state index in [0.717, 1.165) is 22.0 Å². The monoisotopic (exact) mass is 336 g/mol. The van der Waals surface area contributed by atoms with Crippen LogP contribution in [0.5, 0.6) is 0 Å². The van der Waals surface area contributed by atoms with E-state index in [1.54, 1.807) is 24.5 Å². The molecule has 3 aromatic rings. The average Bonchev–Trinajstić information content (AvgIpc) is 2.64. The number of benzene rings is 1. The zero-order chi connectivity index (χ0) is 17.6. The summed E-state index contributed by atoms with van der Waals surface area (Å²) in [6, 6.07) is 11.1. The number of hydrogen-bond acceptors (Lipinski definition) is 5. The van der Waals surface area contributed by atoms with Crippen molar-refractivity contribution < 1.29 is 9.90 Å². The second-order valence-electron chi connectivity index (χ2n) is 5.75. The van der Waals surface area contributed by atoms with Crippen molar-refractivity contribution in [1.82, 2.24) is 15.3 Å². The van der Waals surface area contributed by atoms with Gasteiger partial charge in [-0.25, -0.2) is 4.98 Å². The molecular formula is C19H20N4O2. The Balaban J connectivity index is 1.76. The molecule has 0 radical (unpaired) electrons. The van der Waals surface area contributed by atoms with Crippen LogP contribution < -0.4 is 10.6 Å². The number of anilines is 1. The number of aromatic nitrogens is 2. The number of nitrogens with zero attached hydrogens (tertiary/aromatic N) is 2. The van der Waals surface area contributed by atoms with Gasteiger partial charge in [-0.05, 0) is 42.1 Å². The Morgan fingerprint density at radius 3 is 2.88 bits per heavy atom. The topological polar surface area (TPSA) is 87.1 Å². The molecule has 2 heterocycles. The summed E-state index contributed by atoms with van der Waals surface area (Å²) in [5, 5.41) is 16.7. The van der Waals surface area contributed by atoms with Gasteiger partial charge in [-0.1, -0.05) is 12.1 Å². The van der Waals surface area contributed by atoms with Crippen molar-refractivity contribution in [2.24, 2.45) is 0 Å². The molecule has 6 nitrogen and oxygen atoms in total. The number of carbonyl (C=O) groups is 1. The molecule has 128 valence electrons. The number of rotatable bonds is 6. The maximum atomic E-state index is 12.5. The minimum Gasteiger partial charge on any atom is -0.395 e. The first-order chi connectivity index (χ1) is 12.2. The standard InChI is InChI=1S/C19H20N4O2/c1-13-2-5-18(22-17(13)12-21-8-9-24)23-19(25)15-3-4-16-11-20-7-6-14(16)10-15/h2-7,10-11,21,24H,8-9,12H2,1H3,(H,22,23,25). The van der Waals surface area contributed by atoms with Gasteiger partial charge in [0.1, 0.15) is 5.82 Å². The van der Waals surface area contributed by atoms with Crippen LogP contribution in [0.4, 0.5) is 5.82 Å². The lowest BCUT2D eigenvalue weighted by molar-refractivity contribution is 0.102. The van der Waals surface area contributed by atoms with Gasteiger partial charge in [0.25, 0.3) is 5.91 Å². The van der Waals surface area contributed by atoms with Crippen LogP contribution in [0, 0.1) is 6.92 Å².